The molecule has 0 atom stereocenters. The van der Waals surface area contributed by atoms with Crippen LogP contribution in [0, 0.1) is 0 Å². The van der Waals surface area contributed by atoms with Crippen molar-refractivity contribution in [3.63, 3.8) is 0 Å². The molecule has 0 spiro atoms. The van der Waals surface area contributed by atoms with Gasteiger partial charge in [0.05, 0.1) is 10.5 Å². The van der Waals surface area contributed by atoms with Gasteiger partial charge in [-0.3, -0.25) is 0 Å². The number of carboxylic acid groups (broad SMARTS) is 1. The molecule has 1 aliphatic heterocycles. The smallest absolute Gasteiger partial charge is 0.335 e. The maximum Gasteiger partial charge on any atom is 0.335 e. The number of sulfonamides is 1. The van der Waals surface area contributed by atoms with Crippen molar-refractivity contribution in [1.29, 1.82) is 0 Å². The molecule has 1 heterocycles. The summed E-state index contributed by atoms with van der Waals surface area (Å²) in [6.07, 6.45) is 0.658. The minimum Gasteiger partial charge on any atom is -0.478 e. The zero-order valence-electron chi connectivity index (χ0n) is 14.3. The van der Waals surface area contributed by atoms with Crippen LogP contribution in [0.1, 0.15) is 46.8 Å². The molecular weight excluding hydrogens is 338 g/mol. The Bertz CT molecular complexity index is 919. The van der Waals surface area contributed by atoms with Crippen molar-refractivity contribution >= 4 is 16.0 Å². The van der Waals surface area contributed by atoms with Crippen LogP contribution in [0.3, 0.4) is 0 Å². The average molecular weight is 359 g/mol. The van der Waals surface area contributed by atoms with Crippen molar-refractivity contribution < 1.29 is 18.3 Å². The Kier molecular flexibility index (Phi) is 4.67. The molecule has 25 heavy (non-hydrogen) atoms. The van der Waals surface area contributed by atoms with Gasteiger partial charge in [-0.1, -0.05) is 38.1 Å². The van der Waals surface area contributed by atoms with Crippen molar-refractivity contribution in [2.45, 2.75) is 37.6 Å². The highest BCUT2D eigenvalue weighted by Gasteiger charge is 2.29. The van der Waals surface area contributed by atoms with Crippen molar-refractivity contribution in [2.24, 2.45) is 0 Å². The fraction of sp³-hybridized carbons (Fsp3) is 0.316. The molecule has 1 N–H and O–H groups in total. The number of hydrogen-bond acceptors (Lipinski definition) is 3. The molecule has 0 bridgehead atoms. The van der Waals surface area contributed by atoms with Gasteiger partial charge in [-0.15, -0.1) is 0 Å². The van der Waals surface area contributed by atoms with Gasteiger partial charge in [-0.2, -0.15) is 4.31 Å². The maximum atomic E-state index is 12.9. The molecule has 2 aromatic rings. The lowest BCUT2D eigenvalue weighted by Crippen LogP contribution is -2.36. The Balaban J connectivity index is 1.93. The van der Waals surface area contributed by atoms with E-state index in [-0.39, 0.29) is 10.5 Å². The summed E-state index contributed by atoms with van der Waals surface area (Å²) in [5, 5.41) is 9.09. The summed E-state index contributed by atoms with van der Waals surface area (Å²) in [5.41, 5.74) is 3.36. The van der Waals surface area contributed by atoms with Gasteiger partial charge >= 0.3 is 5.97 Å². The van der Waals surface area contributed by atoms with Crippen LogP contribution in [-0.4, -0.2) is 30.3 Å². The third kappa shape index (κ3) is 3.45. The lowest BCUT2D eigenvalue weighted by atomic mass is 9.94. The van der Waals surface area contributed by atoms with Crippen LogP contribution in [0.15, 0.2) is 47.4 Å². The van der Waals surface area contributed by atoms with E-state index >= 15 is 0 Å². The maximum absolute atomic E-state index is 12.9. The predicted octanol–water partition coefficient (Wildman–Crippen LogP) is 3.26. The first-order chi connectivity index (χ1) is 11.8. The highest BCUT2D eigenvalue weighted by atomic mass is 32.2. The molecule has 0 saturated carbocycles. The minimum absolute atomic E-state index is 0.0239. The fourth-order valence-electron chi connectivity index (χ4n) is 3.05. The first-order valence-electron chi connectivity index (χ1n) is 8.24. The molecule has 0 saturated heterocycles. The molecule has 0 amide bonds. The lowest BCUT2D eigenvalue weighted by Gasteiger charge is -2.29. The summed E-state index contributed by atoms with van der Waals surface area (Å²) >= 11 is 0. The zero-order valence-corrected chi connectivity index (χ0v) is 15.1. The van der Waals surface area contributed by atoms with E-state index in [1.165, 1.54) is 39.7 Å². The van der Waals surface area contributed by atoms with E-state index in [4.69, 9.17) is 5.11 Å². The Labute approximate surface area is 148 Å². The quantitative estimate of drug-likeness (QED) is 0.909. The largest absolute Gasteiger partial charge is 0.478 e. The van der Waals surface area contributed by atoms with E-state index in [1.807, 2.05) is 0 Å². The van der Waals surface area contributed by atoms with Gasteiger partial charge < -0.3 is 5.11 Å². The van der Waals surface area contributed by atoms with Gasteiger partial charge in [-0.05, 0) is 47.2 Å². The first kappa shape index (κ1) is 17.6. The Morgan fingerprint density at radius 3 is 2.56 bits per heavy atom. The molecule has 0 unspecified atom stereocenters. The third-order valence-electron chi connectivity index (χ3n) is 4.59. The second-order valence-corrected chi connectivity index (χ2v) is 8.54. The van der Waals surface area contributed by atoms with Gasteiger partial charge in [0.2, 0.25) is 10.0 Å². The van der Waals surface area contributed by atoms with Gasteiger partial charge in [-0.25, -0.2) is 13.2 Å². The first-order valence-corrected chi connectivity index (χ1v) is 9.68. The Hall–Kier alpha value is -2.18. The van der Waals surface area contributed by atoms with Crippen LogP contribution in [0.4, 0.5) is 0 Å². The van der Waals surface area contributed by atoms with E-state index in [0.29, 0.717) is 25.4 Å². The topological polar surface area (TPSA) is 74.7 Å². The van der Waals surface area contributed by atoms with E-state index in [0.717, 1.165) is 5.56 Å². The highest BCUT2D eigenvalue weighted by Crippen LogP contribution is 2.28. The van der Waals surface area contributed by atoms with Crippen molar-refractivity contribution in [1.82, 2.24) is 4.31 Å². The highest BCUT2D eigenvalue weighted by molar-refractivity contribution is 7.89. The lowest BCUT2D eigenvalue weighted by molar-refractivity contribution is 0.0696. The van der Waals surface area contributed by atoms with Gasteiger partial charge in [0.25, 0.3) is 0 Å². The second-order valence-electron chi connectivity index (χ2n) is 6.60. The molecule has 132 valence electrons. The van der Waals surface area contributed by atoms with Crippen LogP contribution < -0.4 is 0 Å². The Morgan fingerprint density at radius 1 is 1.12 bits per heavy atom. The summed E-state index contributed by atoms with van der Waals surface area (Å²) in [4.78, 5) is 11.1. The van der Waals surface area contributed by atoms with E-state index in [9.17, 15) is 13.2 Å². The standard InChI is InChI=1S/C19H21NO4S/c1-13(2)15-7-6-14-8-9-20(12-17(14)10-15)25(23,24)18-5-3-4-16(11-18)19(21)22/h3-7,10-11,13H,8-9,12H2,1-2H3,(H,21,22). The van der Waals surface area contributed by atoms with E-state index in [1.54, 1.807) is 0 Å². The number of nitrogens with zero attached hydrogens (tertiary/aromatic N) is 1. The van der Waals surface area contributed by atoms with Crippen molar-refractivity contribution in [2.75, 3.05) is 6.54 Å². The normalized spacial score (nSPS) is 15.2. The SMILES string of the molecule is CC(C)c1ccc2c(c1)CN(S(=O)(=O)c1cccc(C(=O)O)c1)CC2. The molecule has 3 rings (SSSR count). The fourth-order valence-corrected chi connectivity index (χ4v) is 4.52. The van der Waals surface area contributed by atoms with Crippen molar-refractivity contribution in [3.8, 4) is 0 Å². The molecule has 1 aliphatic rings. The number of fused-ring (bicyclic) bond motifs is 1. The summed E-state index contributed by atoms with van der Waals surface area (Å²) in [6, 6.07) is 11.8. The minimum atomic E-state index is -3.72. The van der Waals surface area contributed by atoms with Gasteiger partial charge in [0.15, 0.2) is 0 Å². The monoisotopic (exact) mass is 359 g/mol. The van der Waals surface area contributed by atoms with E-state index < -0.39 is 16.0 Å². The molecule has 5 nitrogen and oxygen atoms in total. The molecular formula is C19H21NO4S. The predicted molar refractivity (Wildman–Crippen MR) is 95.2 cm³/mol. The number of hydrogen-bond donors (Lipinski definition) is 1. The number of carboxylic acids is 1. The molecule has 0 aromatic heterocycles. The Morgan fingerprint density at radius 2 is 1.88 bits per heavy atom. The van der Waals surface area contributed by atoms with Gasteiger partial charge in [0, 0.05) is 13.1 Å². The summed E-state index contributed by atoms with van der Waals surface area (Å²) in [6.45, 7) is 4.93. The van der Waals surface area contributed by atoms with Crippen LogP contribution in [0.5, 0.6) is 0 Å². The summed E-state index contributed by atoms with van der Waals surface area (Å²) in [7, 11) is -3.72. The zero-order chi connectivity index (χ0) is 18.2. The second kappa shape index (κ2) is 6.61. The molecule has 0 radical (unpaired) electrons. The molecule has 0 fully saturated rings. The van der Waals surface area contributed by atoms with E-state index in [2.05, 4.69) is 32.0 Å². The number of aromatic carboxylic acids is 1. The average Bonchev–Trinajstić information content (AvgIpc) is 2.60. The number of rotatable bonds is 4. The van der Waals surface area contributed by atoms with Gasteiger partial charge in [0.1, 0.15) is 0 Å². The number of benzene rings is 2. The van der Waals surface area contributed by atoms with Crippen LogP contribution in [-0.2, 0) is 23.0 Å². The van der Waals surface area contributed by atoms with Crippen LogP contribution >= 0.6 is 0 Å². The van der Waals surface area contributed by atoms with Crippen molar-refractivity contribution in [3.05, 3.63) is 64.7 Å². The van der Waals surface area contributed by atoms with Crippen LogP contribution in [0.25, 0.3) is 0 Å². The molecule has 6 heteroatoms. The summed E-state index contributed by atoms with van der Waals surface area (Å²) < 4.78 is 27.3. The summed E-state index contributed by atoms with van der Waals surface area (Å²) in [5.74, 6) is -0.757. The third-order valence-corrected chi connectivity index (χ3v) is 6.43. The molecule has 0 aliphatic carbocycles. The number of carbonyl (C=O) groups is 1. The molecule has 2 aromatic carbocycles. The van der Waals surface area contributed by atoms with Crippen LogP contribution in [0.2, 0.25) is 0 Å².